The van der Waals surface area contributed by atoms with E-state index in [0.29, 0.717) is 0 Å². The van der Waals surface area contributed by atoms with Crippen LogP contribution in [0.15, 0.2) is 46.7 Å². The first-order valence-electron chi connectivity index (χ1n) is 9.04. The summed E-state index contributed by atoms with van der Waals surface area (Å²) in [7, 11) is 0. The van der Waals surface area contributed by atoms with Gasteiger partial charge in [-0.3, -0.25) is 0 Å². The largest absolute Gasteiger partial charge is 0.360 e. The third-order valence-electron chi connectivity index (χ3n) is 4.62. The lowest BCUT2D eigenvalue weighted by Crippen LogP contribution is -1.92. The Labute approximate surface area is 144 Å². The summed E-state index contributed by atoms with van der Waals surface area (Å²) in [6, 6.07) is 6.36. The fourth-order valence-corrected chi connectivity index (χ4v) is 3.19. The smallest absolute Gasteiger partial charge is 0.0875 e. The van der Waals surface area contributed by atoms with Crippen LogP contribution in [0.1, 0.15) is 62.2 Å². The first-order valence-corrected chi connectivity index (χ1v) is 9.04. The summed E-state index contributed by atoms with van der Waals surface area (Å²) in [6.07, 6.45) is 12.3. The molecule has 0 spiro atoms. The van der Waals surface area contributed by atoms with Crippen LogP contribution in [0.25, 0.3) is 6.08 Å². The molecule has 2 aromatic rings. The molecule has 0 amide bonds. The molecule has 3 nitrogen and oxygen atoms in total. The second-order valence-corrected chi connectivity index (χ2v) is 6.47. The van der Waals surface area contributed by atoms with E-state index in [0.717, 1.165) is 35.6 Å². The molecule has 1 aliphatic rings. The predicted molar refractivity (Wildman–Crippen MR) is 102 cm³/mol. The lowest BCUT2D eigenvalue weighted by molar-refractivity contribution is 0.715. The minimum absolute atomic E-state index is 0.989. The molecule has 0 aromatic carbocycles. The Morgan fingerprint density at radius 2 is 2.08 bits per heavy atom. The zero-order valence-electron chi connectivity index (χ0n) is 14.9. The summed E-state index contributed by atoms with van der Waals surface area (Å²) in [5, 5.41) is 0. The highest BCUT2D eigenvalue weighted by Crippen LogP contribution is 2.27. The zero-order valence-corrected chi connectivity index (χ0v) is 14.9. The molecule has 3 heteroatoms. The van der Waals surface area contributed by atoms with E-state index in [9.17, 15) is 0 Å². The van der Waals surface area contributed by atoms with E-state index in [-0.39, 0.29) is 0 Å². The van der Waals surface area contributed by atoms with Gasteiger partial charge in [0.1, 0.15) is 0 Å². The summed E-state index contributed by atoms with van der Waals surface area (Å²) < 4.78 is 0. The Hall–Kier alpha value is -2.29. The molecule has 0 saturated heterocycles. The number of H-pyrrole nitrogens is 2. The van der Waals surface area contributed by atoms with Gasteiger partial charge < -0.3 is 9.97 Å². The number of allylic oxidation sites excluding steroid dienone is 2. The Balaban J connectivity index is 1.83. The topological polar surface area (TPSA) is 43.9 Å². The van der Waals surface area contributed by atoms with Crippen molar-refractivity contribution < 1.29 is 0 Å². The first kappa shape index (κ1) is 16.6. The number of aromatic nitrogens is 2. The lowest BCUT2D eigenvalue weighted by Gasteiger charge is -1.98. The first-order chi connectivity index (χ1) is 11.7. The number of hydrogen-bond acceptors (Lipinski definition) is 1. The molecule has 0 aliphatic carbocycles. The van der Waals surface area contributed by atoms with Gasteiger partial charge in [-0.25, -0.2) is 4.99 Å². The second-order valence-electron chi connectivity index (χ2n) is 6.47. The number of hydrogen-bond donors (Lipinski definition) is 2. The summed E-state index contributed by atoms with van der Waals surface area (Å²) >= 11 is 0. The van der Waals surface area contributed by atoms with Gasteiger partial charge in [0, 0.05) is 17.6 Å². The van der Waals surface area contributed by atoms with Gasteiger partial charge in [0.15, 0.2) is 0 Å². The highest BCUT2D eigenvalue weighted by atomic mass is 14.8. The maximum absolute atomic E-state index is 4.83. The molecule has 2 N–H and O–H groups in total. The van der Waals surface area contributed by atoms with Crippen LogP contribution in [0.4, 0.5) is 0 Å². The molecule has 24 heavy (non-hydrogen) atoms. The standard InChI is InChI=1S/C21H27N3/c1-4-6-7-9-17-12-18(23-15(17)3)14-20-16(5-2)13-21(24-20)19-10-8-11-22-19/h8,10-14,22-23H,4-7,9H2,1-3H3. The van der Waals surface area contributed by atoms with Crippen molar-refractivity contribution in [1.82, 2.24) is 9.97 Å². The van der Waals surface area contributed by atoms with Crippen molar-refractivity contribution in [3.8, 4) is 0 Å². The fourth-order valence-electron chi connectivity index (χ4n) is 3.19. The fraction of sp³-hybridized carbons (Fsp3) is 0.381. The molecule has 3 rings (SSSR count). The molecule has 0 bridgehead atoms. The Bertz CT molecular complexity index is 770. The van der Waals surface area contributed by atoms with Gasteiger partial charge in [-0.15, -0.1) is 0 Å². The molecule has 0 radical (unpaired) electrons. The average Bonchev–Trinajstić information content (AvgIpc) is 3.28. The quantitative estimate of drug-likeness (QED) is 0.627. The highest BCUT2D eigenvalue weighted by Gasteiger charge is 2.15. The van der Waals surface area contributed by atoms with Gasteiger partial charge in [0.25, 0.3) is 0 Å². The molecule has 2 aromatic heterocycles. The summed E-state index contributed by atoms with van der Waals surface area (Å²) in [5.74, 6) is 0. The van der Waals surface area contributed by atoms with Crippen LogP contribution in [0.3, 0.4) is 0 Å². The van der Waals surface area contributed by atoms with Crippen molar-refractivity contribution in [2.75, 3.05) is 0 Å². The summed E-state index contributed by atoms with van der Waals surface area (Å²) in [5.41, 5.74) is 8.34. The molecular weight excluding hydrogens is 294 g/mol. The van der Waals surface area contributed by atoms with Crippen molar-refractivity contribution >= 4 is 11.8 Å². The Morgan fingerprint density at radius 3 is 2.79 bits per heavy atom. The van der Waals surface area contributed by atoms with Crippen LogP contribution in [-0.4, -0.2) is 15.7 Å². The second kappa shape index (κ2) is 7.52. The average molecular weight is 321 g/mol. The molecule has 3 heterocycles. The third kappa shape index (κ3) is 3.61. The van der Waals surface area contributed by atoms with Crippen LogP contribution in [0, 0.1) is 6.92 Å². The van der Waals surface area contributed by atoms with Gasteiger partial charge in [-0.2, -0.15) is 0 Å². The molecule has 0 saturated carbocycles. The normalized spacial score (nSPS) is 15.9. The van der Waals surface area contributed by atoms with Crippen LogP contribution >= 0.6 is 0 Å². The van der Waals surface area contributed by atoms with Gasteiger partial charge in [-0.1, -0.05) is 26.7 Å². The van der Waals surface area contributed by atoms with Crippen molar-refractivity contribution in [3.63, 3.8) is 0 Å². The lowest BCUT2D eigenvalue weighted by atomic mass is 10.1. The molecule has 0 atom stereocenters. The van der Waals surface area contributed by atoms with Crippen LogP contribution in [0.2, 0.25) is 0 Å². The Kier molecular flexibility index (Phi) is 5.19. The van der Waals surface area contributed by atoms with Crippen LogP contribution in [0.5, 0.6) is 0 Å². The van der Waals surface area contributed by atoms with Crippen molar-refractivity contribution in [2.45, 2.75) is 52.9 Å². The number of aliphatic imine (C=N–C) groups is 1. The third-order valence-corrected chi connectivity index (χ3v) is 4.62. The monoisotopic (exact) mass is 321 g/mol. The van der Waals surface area contributed by atoms with Crippen molar-refractivity contribution in [2.24, 2.45) is 4.99 Å². The molecular formula is C21H27N3. The van der Waals surface area contributed by atoms with Gasteiger partial charge in [-0.05, 0) is 67.7 Å². The van der Waals surface area contributed by atoms with E-state index in [1.165, 1.54) is 36.1 Å². The van der Waals surface area contributed by atoms with E-state index in [1.807, 2.05) is 12.3 Å². The summed E-state index contributed by atoms with van der Waals surface area (Å²) in [4.78, 5) is 11.6. The molecule has 0 unspecified atom stereocenters. The number of unbranched alkanes of at least 4 members (excludes halogenated alkanes) is 2. The molecule has 126 valence electrons. The minimum Gasteiger partial charge on any atom is -0.360 e. The maximum Gasteiger partial charge on any atom is 0.0875 e. The molecule has 1 aliphatic heterocycles. The van der Waals surface area contributed by atoms with Gasteiger partial charge >= 0.3 is 0 Å². The van der Waals surface area contributed by atoms with Crippen LogP contribution < -0.4 is 0 Å². The summed E-state index contributed by atoms with van der Waals surface area (Å²) in [6.45, 7) is 6.60. The van der Waals surface area contributed by atoms with Crippen molar-refractivity contribution in [3.05, 3.63) is 64.4 Å². The number of aryl methyl sites for hydroxylation is 2. The SMILES string of the molecule is CCCCCc1cc(C=C2N=C(c3ccc[nH]3)C=C2CC)[nH]c1C. The number of nitrogens with zero attached hydrogens (tertiary/aromatic N) is 1. The van der Waals surface area contributed by atoms with Gasteiger partial charge in [0.05, 0.1) is 17.1 Å². The van der Waals surface area contributed by atoms with Crippen LogP contribution in [-0.2, 0) is 6.42 Å². The maximum atomic E-state index is 4.83. The van der Waals surface area contributed by atoms with E-state index in [4.69, 9.17) is 4.99 Å². The number of rotatable bonds is 7. The number of nitrogens with one attached hydrogen (secondary N) is 2. The van der Waals surface area contributed by atoms with E-state index in [2.05, 4.69) is 55.0 Å². The van der Waals surface area contributed by atoms with Gasteiger partial charge in [0.2, 0.25) is 0 Å². The number of aromatic amines is 2. The highest BCUT2D eigenvalue weighted by molar-refractivity contribution is 6.11. The Morgan fingerprint density at radius 1 is 1.21 bits per heavy atom. The van der Waals surface area contributed by atoms with Crippen molar-refractivity contribution in [1.29, 1.82) is 0 Å². The zero-order chi connectivity index (χ0) is 16.9. The predicted octanol–water partition coefficient (Wildman–Crippen LogP) is 5.56. The molecule has 0 fully saturated rings. The van der Waals surface area contributed by atoms with E-state index >= 15 is 0 Å². The minimum atomic E-state index is 0.989. The van der Waals surface area contributed by atoms with E-state index < -0.39 is 0 Å². The van der Waals surface area contributed by atoms with E-state index in [1.54, 1.807) is 0 Å².